The standard InChI is InChI=1S/C18H30N2/c1-18(2,3)16-10-8-14(9-11-16)13-20(4)17-7-5-6-15(17)12-19/h8-11,15,17H,5-7,12-13,19H2,1-4H3. The summed E-state index contributed by atoms with van der Waals surface area (Å²) in [6.45, 7) is 8.65. The molecule has 2 nitrogen and oxygen atoms in total. The maximum absolute atomic E-state index is 5.90. The zero-order valence-corrected chi connectivity index (χ0v) is 13.5. The predicted molar refractivity (Wildman–Crippen MR) is 86.8 cm³/mol. The summed E-state index contributed by atoms with van der Waals surface area (Å²) >= 11 is 0. The van der Waals surface area contributed by atoms with Gasteiger partial charge in [0.05, 0.1) is 0 Å². The van der Waals surface area contributed by atoms with Gasteiger partial charge < -0.3 is 5.73 Å². The van der Waals surface area contributed by atoms with E-state index in [1.165, 1.54) is 30.4 Å². The Hall–Kier alpha value is -0.860. The molecule has 1 fully saturated rings. The van der Waals surface area contributed by atoms with Crippen LogP contribution in [-0.4, -0.2) is 24.5 Å². The minimum atomic E-state index is 0.237. The third-order valence-corrected chi connectivity index (χ3v) is 4.74. The molecule has 1 aromatic carbocycles. The molecule has 2 rings (SSSR count). The van der Waals surface area contributed by atoms with Crippen molar-refractivity contribution >= 4 is 0 Å². The van der Waals surface area contributed by atoms with Gasteiger partial charge in [0.25, 0.3) is 0 Å². The van der Waals surface area contributed by atoms with E-state index in [0.29, 0.717) is 12.0 Å². The molecule has 2 unspecified atom stereocenters. The number of benzene rings is 1. The first-order valence-corrected chi connectivity index (χ1v) is 7.91. The molecule has 0 aliphatic heterocycles. The smallest absolute Gasteiger partial charge is 0.0233 e. The summed E-state index contributed by atoms with van der Waals surface area (Å²) in [7, 11) is 2.25. The van der Waals surface area contributed by atoms with E-state index in [1.807, 2.05) is 0 Å². The van der Waals surface area contributed by atoms with Crippen LogP contribution in [0.25, 0.3) is 0 Å². The number of nitrogens with two attached hydrogens (primary N) is 1. The van der Waals surface area contributed by atoms with Crippen LogP contribution in [0, 0.1) is 5.92 Å². The van der Waals surface area contributed by atoms with Crippen molar-refractivity contribution in [3.63, 3.8) is 0 Å². The van der Waals surface area contributed by atoms with Gasteiger partial charge in [-0.2, -0.15) is 0 Å². The molecular weight excluding hydrogens is 244 g/mol. The third-order valence-electron chi connectivity index (χ3n) is 4.74. The molecule has 0 bridgehead atoms. The van der Waals surface area contributed by atoms with E-state index in [4.69, 9.17) is 5.73 Å². The van der Waals surface area contributed by atoms with E-state index in [0.717, 1.165) is 13.1 Å². The van der Waals surface area contributed by atoms with Gasteiger partial charge >= 0.3 is 0 Å². The Bertz CT molecular complexity index is 416. The van der Waals surface area contributed by atoms with E-state index in [-0.39, 0.29) is 5.41 Å². The van der Waals surface area contributed by atoms with Crippen molar-refractivity contribution in [1.82, 2.24) is 4.90 Å². The molecule has 0 saturated heterocycles. The summed E-state index contributed by atoms with van der Waals surface area (Å²) in [6.07, 6.45) is 3.94. The zero-order chi connectivity index (χ0) is 14.8. The van der Waals surface area contributed by atoms with Crippen LogP contribution >= 0.6 is 0 Å². The summed E-state index contributed by atoms with van der Waals surface area (Å²) < 4.78 is 0. The van der Waals surface area contributed by atoms with Crippen molar-refractivity contribution in [1.29, 1.82) is 0 Å². The topological polar surface area (TPSA) is 29.3 Å². The van der Waals surface area contributed by atoms with Crippen molar-refractivity contribution in [3.8, 4) is 0 Å². The van der Waals surface area contributed by atoms with Gasteiger partial charge in [0.1, 0.15) is 0 Å². The largest absolute Gasteiger partial charge is 0.330 e. The molecule has 112 valence electrons. The first-order valence-electron chi connectivity index (χ1n) is 7.91. The summed E-state index contributed by atoms with van der Waals surface area (Å²) in [5.74, 6) is 0.689. The highest BCUT2D eigenvalue weighted by Crippen LogP contribution is 2.29. The molecule has 0 heterocycles. The lowest BCUT2D eigenvalue weighted by molar-refractivity contribution is 0.193. The summed E-state index contributed by atoms with van der Waals surface area (Å²) in [4.78, 5) is 2.50. The monoisotopic (exact) mass is 274 g/mol. The highest BCUT2D eigenvalue weighted by molar-refractivity contribution is 5.27. The highest BCUT2D eigenvalue weighted by Gasteiger charge is 2.29. The minimum absolute atomic E-state index is 0.237. The molecule has 20 heavy (non-hydrogen) atoms. The molecule has 1 aromatic rings. The number of hydrogen-bond acceptors (Lipinski definition) is 2. The van der Waals surface area contributed by atoms with Crippen LogP contribution < -0.4 is 5.73 Å². The second-order valence-corrected chi connectivity index (χ2v) is 7.36. The fourth-order valence-corrected chi connectivity index (χ4v) is 3.39. The van der Waals surface area contributed by atoms with Crippen LogP contribution in [0.2, 0.25) is 0 Å². The van der Waals surface area contributed by atoms with E-state index >= 15 is 0 Å². The fraction of sp³-hybridized carbons (Fsp3) is 0.667. The van der Waals surface area contributed by atoms with Crippen molar-refractivity contribution in [3.05, 3.63) is 35.4 Å². The molecule has 0 amide bonds. The zero-order valence-electron chi connectivity index (χ0n) is 13.5. The Morgan fingerprint density at radius 3 is 2.35 bits per heavy atom. The Morgan fingerprint density at radius 1 is 1.15 bits per heavy atom. The van der Waals surface area contributed by atoms with E-state index < -0.39 is 0 Å². The van der Waals surface area contributed by atoms with Crippen LogP contribution in [-0.2, 0) is 12.0 Å². The van der Waals surface area contributed by atoms with Crippen LogP contribution in [0.5, 0.6) is 0 Å². The molecular formula is C18H30N2. The van der Waals surface area contributed by atoms with Gasteiger partial charge in [0.2, 0.25) is 0 Å². The van der Waals surface area contributed by atoms with Gasteiger partial charge in [0, 0.05) is 12.6 Å². The molecule has 2 N–H and O–H groups in total. The van der Waals surface area contributed by atoms with Gasteiger partial charge in [-0.3, -0.25) is 4.90 Å². The van der Waals surface area contributed by atoms with Gasteiger partial charge in [-0.1, -0.05) is 51.5 Å². The second-order valence-electron chi connectivity index (χ2n) is 7.36. The second kappa shape index (κ2) is 6.28. The van der Waals surface area contributed by atoms with Gasteiger partial charge in [-0.05, 0) is 48.9 Å². The van der Waals surface area contributed by atoms with Gasteiger partial charge in [-0.15, -0.1) is 0 Å². The molecule has 0 spiro atoms. The molecule has 1 saturated carbocycles. The maximum Gasteiger partial charge on any atom is 0.0233 e. The average Bonchev–Trinajstić information content (AvgIpc) is 2.86. The van der Waals surface area contributed by atoms with Gasteiger partial charge in [-0.25, -0.2) is 0 Å². The molecule has 1 aliphatic rings. The minimum Gasteiger partial charge on any atom is -0.330 e. The van der Waals surface area contributed by atoms with Gasteiger partial charge in [0.15, 0.2) is 0 Å². The van der Waals surface area contributed by atoms with Crippen LogP contribution in [0.4, 0.5) is 0 Å². The molecule has 2 heteroatoms. The lowest BCUT2D eigenvalue weighted by atomic mass is 9.86. The van der Waals surface area contributed by atoms with E-state index in [1.54, 1.807) is 0 Å². The Balaban J connectivity index is 1.99. The number of rotatable bonds is 4. The first kappa shape index (κ1) is 15.5. The van der Waals surface area contributed by atoms with Crippen LogP contribution in [0.15, 0.2) is 24.3 Å². The number of nitrogens with zero attached hydrogens (tertiary/aromatic N) is 1. The van der Waals surface area contributed by atoms with Crippen molar-refractivity contribution in [2.45, 2.75) is 58.0 Å². The Kier molecular flexibility index (Phi) is 4.87. The van der Waals surface area contributed by atoms with Crippen LogP contribution in [0.3, 0.4) is 0 Å². The number of hydrogen-bond donors (Lipinski definition) is 1. The summed E-state index contributed by atoms with van der Waals surface area (Å²) in [6, 6.07) is 9.78. The normalized spacial score (nSPS) is 23.5. The quantitative estimate of drug-likeness (QED) is 0.910. The van der Waals surface area contributed by atoms with Crippen molar-refractivity contribution in [2.75, 3.05) is 13.6 Å². The Labute approximate surface area is 124 Å². The summed E-state index contributed by atoms with van der Waals surface area (Å²) in [5.41, 5.74) is 8.95. The molecule has 0 radical (unpaired) electrons. The lowest BCUT2D eigenvalue weighted by Crippen LogP contribution is -2.37. The predicted octanol–water partition coefficient (Wildman–Crippen LogP) is 3.54. The third kappa shape index (κ3) is 3.62. The molecule has 2 atom stereocenters. The SMILES string of the molecule is CN(Cc1ccc(C(C)(C)C)cc1)C1CCCC1CN. The van der Waals surface area contributed by atoms with Crippen molar-refractivity contribution < 1.29 is 0 Å². The van der Waals surface area contributed by atoms with Crippen LogP contribution in [0.1, 0.15) is 51.2 Å². The van der Waals surface area contributed by atoms with Crippen molar-refractivity contribution in [2.24, 2.45) is 11.7 Å². The average molecular weight is 274 g/mol. The maximum atomic E-state index is 5.90. The molecule has 1 aliphatic carbocycles. The summed E-state index contributed by atoms with van der Waals surface area (Å²) in [5, 5.41) is 0. The highest BCUT2D eigenvalue weighted by atomic mass is 15.1. The van der Waals surface area contributed by atoms with E-state index in [9.17, 15) is 0 Å². The van der Waals surface area contributed by atoms with E-state index in [2.05, 4.69) is 57.0 Å². The molecule has 0 aromatic heterocycles. The lowest BCUT2D eigenvalue weighted by Gasteiger charge is -2.29. The fourth-order valence-electron chi connectivity index (χ4n) is 3.39. The first-order chi connectivity index (χ1) is 9.41. The Morgan fingerprint density at radius 2 is 1.80 bits per heavy atom.